The van der Waals surface area contributed by atoms with E-state index in [0.717, 1.165) is 16.4 Å². The first-order valence-electron chi connectivity index (χ1n) is 6.09. The molecular weight excluding hydrogens is 295 g/mol. The number of nitrogen functional groups attached to an aromatic ring is 1. The topological polar surface area (TPSA) is 83.6 Å². The van der Waals surface area contributed by atoms with E-state index >= 15 is 0 Å². The molecule has 0 unspecified atom stereocenters. The second-order valence-corrected chi connectivity index (χ2v) is 6.70. The smallest absolute Gasteiger partial charge is 0.243 e. The maximum absolute atomic E-state index is 13.3. The molecule has 2 aromatic rings. The predicted octanol–water partition coefficient (Wildman–Crippen LogP) is 1.93. The molecule has 0 aliphatic carbocycles. The number of nitrogens with two attached hydrogens (primary N) is 1. The summed E-state index contributed by atoms with van der Waals surface area (Å²) in [4.78, 5) is -0.206. The van der Waals surface area contributed by atoms with Crippen LogP contribution in [-0.4, -0.2) is 24.9 Å². The number of nitrogens with zero attached hydrogens (tertiary/aromatic N) is 1. The number of halogens is 1. The van der Waals surface area contributed by atoms with Gasteiger partial charge >= 0.3 is 0 Å². The van der Waals surface area contributed by atoms with Crippen LogP contribution in [0.3, 0.4) is 0 Å². The zero-order chi connectivity index (χ0) is 15.6. The molecule has 0 saturated heterocycles. The van der Waals surface area contributed by atoms with E-state index in [0.29, 0.717) is 5.56 Å². The molecular formula is C14H15FN2O3S. The summed E-state index contributed by atoms with van der Waals surface area (Å²) >= 11 is 0. The van der Waals surface area contributed by atoms with Gasteiger partial charge in [-0.3, -0.25) is 0 Å². The van der Waals surface area contributed by atoms with E-state index in [1.807, 2.05) is 0 Å². The molecule has 0 aromatic heterocycles. The maximum atomic E-state index is 13.3. The Bertz CT molecular complexity index is 742. The third-order valence-electron chi connectivity index (χ3n) is 2.92. The Hall–Kier alpha value is -2.12. The van der Waals surface area contributed by atoms with Crippen LogP contribution in [0, 0.1) is 5.82 Å². The molecule has 21 heavy (non-hydrogen) atoms. The zero-order valence-electron chi connectivity index (χ0n) is 11.3. The number of hydrogen-bond acceptors (Lipinski definition) is 4. The minimum absolute atomic E-state index is 0.0410. The fraction of sp³-hybridized carbons (Fsp3) is 0.143. The third kappa shape index (κ3) is 3.50. The summed E-state index contributed by atoms with van der Waals surface area (Å²) in [6.07, 6.45) is 0. The Morgan fingerprint density at radius 3 is 2.57 bits per heavy atom. The van der Waals surface area contributed by atoms with Crippen molar-refractivity contribution >= 4 is 15.7 Å². The van der Waals surface area contributed by atoms with Crippen LogP contribution in [-0.2, 0) is 16.6 Å². The highest BCUT2D eigenvalue weighted by Crippen LogP contribution is 2.21. The lowest BCUT2D eigenvalue weighted by Gasteiger charge is -2.17. The molecule has 112 valence electrons. The number of benzene rings is 2. The van der Waals surface area contributed by atoms with Crippen molar-refractivity contribution in [2.45, 2.75) is 11.4 Å². The highest BCUT2D eigenvalue weighted by atomic mass is 32.2. The molecule has 5 nitrogen and oxygen atoms in total. The van der Waals surface area contributed by atoms with Crippen molar-refractivity contribution in [2.75, 3.05) is 12.8 Å². The number of anilines is 1. The van der Waals surface area contributed by atoms with Crippen LogP contribution in [0.4, 0.5) is 10.1 Å². The molecule has 2 aromatic carbocycles. The molecule has 0 atom stereocenters. The molecule has 0 spiro atoms. The van der Waals surface area contributed by atoms with Gasteiger partial charge in [-0.05, 0) is 35.9 Å². The van der Waals surface area contributed by atoms with E-state index in [2.05, 4.69) is 0 Å². The highest BCUT2D eigenvalue weighted by molar-refractivity contribution is 7.89. The minimum atomic E-state index is -3.86. The predicted molar refractivity (Wildman–Crippen MR) is 77.6 cm³/mol. The van der Waals surface area contributed by atoms with Crippen molar-refractivity contribution < 1.29 is 17.9 Å². The van der Waals surface area contributed by atoms with Gasteiger partial charge in [0.15, 0.2) is 0 Å². The summed E-state index contributed by atoms with van der Waals surface area (Å²) in [5.41, 5.74) is 6.13. The normalized spacial score (nSPS) is 11.8. The molecule has 0 aliphatic heterocycles. The molecule has 0 bridgehead atoms. The van der Waals surface area contributed by atoms with Gasteiger partial charge in [0.25, 0.3) is 0 Å². The number of sulfonamides is 1. The number of hydrogen-bond donors (Lipinski definition) is 2. The van der Waals surface area contributed by atoms with E-state index in [4.69, 9.17) is 5.73 Å². The van der Waals surface area contributed by atoms with Gasteiger partial charge in [0, 0.05) is 19.3 Å². The number of aromatic hydroxyl groups is 1. The van der Waals surface area contributed by atoms with E-state index in [-0.39, 0.29) is 22.9 Å². The summed E-state index contributed by atoms with van der Waals surface area (Å²) < 4.78 is 39.1. The average Bonchev–Trinajstić information content (AvgIpc) is 2.37. The quantitative estimate of drug-likeness (QED) is 0.845. The van der Waals surface area contributed by atoms with Gasteiger partial charge in [0.1, 0.15) is 11.6 Å². The lowest BCUT2D eigenvalue weighted by atomic mass is 10.2. The average molecular weight is 310 g/mol. The second kappa shape index (κ2) is 5.71. The van der Waals surface area contributed by atoms with Crippen molar-refractivity contribution in [1.29, 1.82) is 0 Å². The van der Waals surface area contributed by atoms with Crippen LogP contribution >= 0.6 is 0 Å². The summed E-state index contributed by atoms with van der Waals surface area (Å²) in [7, 11) is -2.49. The minimum Gasteiger partial charge on any atom is -0.508 e. The number of rotatable bonds is 4. The first-order chi connectivity index (χ1) is 9.79. The monoisotopic (exact) mass is 310 g/mol. The Morgan fingerprint density at radius 2 is 1.95 bits per heavy atom. The van der Waals surface area contributed by atoms with Crippen LogP contribution in [0.25, 0.3) is 0 Å². The van der Waals surface area contributed by atoms with Crippen LogP contribution in [0.15, 0.2) is 47.4 Å². The summed E-state index contributed by atoms with van der Waals surface area (Å²) in [6, 6.07) is 9.44. The standard InChI is InChI=1S/C14H15FN2O3S/c1-17(9-10-3-2-4-13(18)5-10)21(19,20)14-7-11(15)6-12(16)8-14/h2-8,18H,9,16H2,1H3. The van der Waals surface area contributed by atoms with Crippen LogP contribution in [0.1, 0.15) is 5.56 Å². The molecule has 0 radical (unpaired) electrons. The largest absolute Gasteiger partial charge is 0.508 e. The molecule has 2 rings (SSSR count). The fourth-order valence-electron chi connectivity index (χ4n) is 1.91. The van der Waals surface area contributed by atoms with Crippen molar-refractivity contribution in [2.24, 2.45) is 0 Å². The van der Waals surface area contributed by atoms with Crippen molar-refractivity contribution in [1.82, 2.24) is 4.31 Å². The van der Waals surface area contributed by atoms with Crippen molar-refractivity contribution in [3.8, 4) is 5.75 Å². The van der Waals surface area contributed by atoms with Gasteiger partial charge in [0.05, 0.1) is 4.90 Å². The van der Waals surface area contributed by atoms with Gasteiger partial charge in [0.2, 0.25) is 10.0 Å². The molecule has 3 N–H and O–H groups in total. The number of phenols is 1. The maximum Gasteiger partial charge on any atom is 0.243 e. The van der Waals surface area contributed by atoms with Crippen LogP contribution in [0.2, 0.25) is 0 Å². The van der Waals surface area contributed by atoms with Gasteiger partial charge < -0.3 is 10.8 Å². The van der Waals surface area contributed by atoms with E-state index in [1.165, 1.54) is 25.2 Å². The van der Waals surface area contributed by atoms with Crippen molar-refractivity contribution in [3.63, 3.8) is 0 Å². The fourth-order valence-corrected chi connectivity index (χ4v) is 3.14. The Balaban J connectivity index is 2.30. The first-order valence-corrected chi connectivity index (χ1v) is 7.53. The summed E-state index contributed by atoms with van der Waals surface area (Å²) in [5, 5.41) is 9.38. The van der Waals surface area contributed by atoms with Gasteiger partial charge in [-0.2, -0.15) is 4.31 Å². The number of phenolic OH excluding ortho intramolecular Hbond substituents is 1. The van der Waals surface area contributed by atoms with Gasteiger partial charge in [-0.1, -0.05) is 12.1 Å². The molecule has 0 heterocycles. The molecule has 7 heteroatoms. The van der Waals surface area contributed by atoms with E-state index in [9.17, 15) is 17.9 Å². The van der Waals surface area contributed by atoms with Gasteiger partial charge in [-0.25, -0.2) is 12.8 Å². The zero-order valence-corrected chi connectivity index (χ0v) is 12.1. The molecule has 0 aliphatic rings. The van der Waals surface area contributed by atoms with Crippen molar-refractivity contribution in [3.05, 3.63) is 53.8 Å². The second-order valence-electron chi connectivity index (χ2n) is 4.65. The first kappa shape index (κ1) is 15.3. The third-order valence-corrected chi connectivity index (χ3v) is 4.70. The Kier molecular flexibility index (Phi) is 4.15. The lowest BCUT2D eigenvalue weighted by molar-refractivity contribution is 0.457. The SMILES string of the molecule is CN(Cc1cccc(O)c1)S(=O)(=O)c1cc(N)cc(F)c1. The van der Waals surface area contributed by atoms with E-state index < -0.39 is 15.8 Å². The Labute approximate surface area is 122 Å². The van der Waals surface area contributed by atoms with Crippen LogP contribution < -0.4 is 5.73 Å². The summed E-state index contributed by atoms with van der Waals surface area (Å²) in [6.45, 7) is 0.0488. The van der Waals surface area contributed by atoms with Crippen LogP contribution in [0.5, 0.6) is 5.75 Å². The lowest BCUT2D eigenvalue weighted by Crippen LogP contribution is -2.26. The van der Waals surface area contributed by atoms with Gasteiger partial charge in [-0.15, -0.1) is 0 Å². The Morgan fingerprint density at radius 1 is 1.24 bits per heavy atom. The molecule has 0 amide bonds. The van der Waals surface area contributed by atoms with E-state index in [1.54, 1.807) is 12.1 Å². The molecule has 0 saturated carbocycles. The highest BCUT2D eigenvalue weighted by Gasteiger charge is 2.22. The summed E-state index contributed by atoms with van der Waals surface area (Å²) in [5.74, 6) is -0.660. The molecule has 0 fully saturated rings.